The minimum atomic E-state index is -0.541. The summed E-state index contributed by atoms with van der Waals surface area (Å²) in [6.07, 6.45) is 19.5. The van der Waals surface area contributed by atoms with Gasteiger partial charge in [-0.3, -0.25) is 4.81 Å². The number of unbranched alkanes of at least 4 members (excludes halogenated alkanes) is 11. The van der Waals surface area contributed by atoms with Crippen LogP contribution in [0.1, 0.15) is 112 Å². The summed E-state index contributed by atoms with van der Waals surface area (Å²) in [5.74, 6) is 1.32. The van der Waals surface area contributed by atoms with Gasteiger partial charge >= 0.3 is 7.62 Å². The fourth-order valence-electron chi connectivity index (χ4n) is 4.12. The highest BCUT2D eigenvalue weighted by molar-refractivity contribution is 8.00. The standard InChI is InChI=1S/C26H51BNO3S/c1-25(2,3)32-21-19-17-15-13-11-9-7-8-10-12-14-16-18-20-24(29)23-22-31-26(4,5)28(23)27-30-6/h18,20,23-24,29H,7-17,19,21-22H2,1-6H3/b20-18+/t23-,24+/m0/s1. The van der Waals surface area contributed by atoms with E-state index in [2.05, 4.69) is 38.6 Å². The van der Waals surface area contributed by atoms with Gasteiger partial charge in [0.05, 0.1) is 18.8 Å². The number of hydrogen-bond donors (Lipinski definition) is 1. The average molecular weight is 469 g/mol. The van der Waals surface area contributed by atoms with Crippen LogP contribution in [0.3, 0.4) is 0 Å². The van der Waals surface area contributed by atoms with E-state index in [9.17, 15) is 5.11 Å². The molecule has 0 saturated carbocycles. The van der Waals surface area contributed by atoms with Gasteiger partial charge in [0, 0.05) is 11.9 Å². The zero-order valence-electron chi connectivity index (χ0n) is 21.9. The van der Waals surface area contributed by atoms with Gasteiger partial charge in [0.25, 0.3) is 0 Å². The van der Waals surface area contributed by atoms with Crippen LogP contribution in [0, 0.1) is 0 Å². The Kier molecular flexibility index (Phi) is 15.6. The van der Waals surface area contributed by atoms with Crippen molar-refractivity contribution in [2.45, 2.75) is 134 Å². The number of hydrogen-bond acceptors (Lipinski definition) is 5. The van der Waals surface area contributed by atoms with Crippen LogP contribution in [0.5, 0.6) is 0 Å². The Bertz CT molecular complexity index is 496. The van der Waals surface area contributed by atoms with Crippen molar-refractivity contribution in [2.75, 3.05) is 19.5 Å². The van der Waals surface area contributed by atoms with Gasteiger partial charge in [-0.1, -0.05) is 90.7 Å². The maximum atomic E-state index is 10.5. The monoisotopic (exact) mass is 468 g/mol. The molecule has 1 heterocycles. The molecule has 32 heavy (non-hydrogen) atoms. The largest absolute Gasteiger partial charge is 0.427 e. The van der Waals surface area contributed by atoms with Crippen LogP contribution < -0.4 is 0 Å². The van der Waals surface area contributed by atoms with Gasteiger partial charge in [0.1, 0.15) is 5.72 Å². The average Bonchev–Trinajstić information content (AvgIpc) is 3.01. The molecular weight excluding hydrogens is 417 g/mol. The molecule has 1 rings (SSSR count). The third-order valence-corrected chi connectivity index (χ3v) is 7.44. The summed E-state index contributed by atoms with van der Waals surface area (Å²) in [6.45, 7) is 11.4. The van der Waals surface area contributed by atoms with E-state index in [1.165, 1.54) is 76.4 Å². The molecule has 1 aliphatic rings. The van der Waals surface area contributed by atoms with E-state index in [-0.39, 0.29) is 6.04 Å². The molecule has 0 bridgehead atoms. The highest BCUT2D eigenvalue weighted by atomic mass is 32.2. The molecule has 1 fully saturated rings. The molecule has 1 N–H and O–H groups in total. The Morgan fingerprint density at radius 3 is 2.09 bits per heavy atom. The predicted molar refractivity (Wildman–Crippen MR) is 141 cm³/mol. The lowest BCUT2D eigenvalue weighted by atomic mass is 10.00. The lowest BCUT2D eigenvalue weighted by Gasteiger charge is -2.33. The van der Waals surface area contributed by atoms with Crippen molar-refractivity contribution in [3.8, 4) is 0 Å². The first-order valence-corrected chi connectivity index (χ1v) is 13.9. The summed E-state index contributed by atoms with van der Waals surface area (Å²) in [5.41, 5.74) is -0.444. The molecule has 1 saturated heterocycles. The fourth-order valence-corrected chi connectivity index (χ4v) is 5.08. The van der Waals surface area contributed by atoms with Gasteiger partial charge in [-0.2, -0.15) is 11.8 Å². The van der Waals surface area contributed by atoms with E-state index in [1.54, 1.807) is 14.7 Å². The second-order valence-electron chi connectivity index (χ2n) is 10.6. The van der Waals surface area contributed by atoms with Gasteiger partial charge in [-0.05, 0) is 38.9 Å². The minimum absolute atomic E-state index is 0.0939. The van der Waals surface area contributed by atoms with Gasteiger partial charge in [0.15, 0.2) is 0 Å². The molecule has 0 unspecified atom stereocenters. The third-order valence-electron chi connectivity index (χ3n) is 6.08. The number of aliphatic hydroxyl groups is 1. The smallest absolute Gasteiger partial charge is 0.401 e. The van der Waals surface area contributed by atoms with E-state index >= 15 is 0 Å². The van der Waals surface area contributed by atoms with E-state index in [0.29, 0.717) is 11.4 Å². The molecule has 0 aromatic rings. The van der Waals surface area contributed by atoms with Crippen LogP contribution in [0.25, 0.3) is 0 Å². The molecule has 0 aromatic carbocycles. The Balaban J connectivity index is 1.94. The van der Waals surface area contributed by atoms with E-state index in [4.69, 9.17) is 9.39 Å². The molecule has 0 amide bonds. The van der Waals surface area contributed by atoms with Crippen molar-refractivity contribution in [1.82, 2.24) is 4.81 Å². The highest BCUT2D eigenvalue weighted by Gasteiger charge is 2.43. The first-order valence-electron chi connectivity index (χ1n) is 12.9. The molecule has 2 atom stereocenters. The Morgan fingerprint density at radius 1 is 1.03 bits per heavy atom. The quantitative estimate of drug-likeness (QED) is 0.137. The van der Waals surface area contributed by atoms with Crippen molar-refractivity contribution in [1.29, 1.82) is 0 Å². The Labute approximate surface area is 204 Å². The summed E-state index contributed by atoms with van der Waals surface area (Å²) in [4.78, 5) is 1.97. The second-order valence-corrected chi connectivity index (χ2v) is 12.6. The zero-order chi connectivity index (χ0) is 23.9. The van der Waals surface area contributed by atoms with E-state index in [1.807, 2.05) is 24.7 Å². The minimum Gasteiger partial charge on any atom is -0.427 e. The van der Waals surface area contributed by atoms with Crippen LogP contribution >= 0.6 is 11.8 Å². The molecule has 187 valence electrons. The molecule has 0 spiro atoms. The first kappa shape index (κ1) is 30.0. The first-order chi connectivity index (χ1) is 15.2. The number of rotatable bonds is 18. The molecule has 1 radical (unpaired) electrons. The Morgan fingerprint density at radius 2 is 1.56 bits per heavy atom. The fraction of sp³-hybridized carbons (Fsp3) is 0.923. The summed E-state index contributed by atoms with van der Waals surface area (Å²) < 4.78 is 11.4. The van der Waals surface area contributed by atoms with Crippen LogP contribution in [0.15, 0.2) is 12.2 Å². The number of aliphatic hydroxyl groups excluding tert-OH is 1. The summed E-state index contributed by atoms with van der Waals surface area (Å²) >= 11 is 2.10. The SMILES string of the molecule is CO[B]N1[C@H]([C@H](O)/C=C/CCCCCCCCCCCCCSC(C)(C)C)COC1(C)C. The molecule has 4 nitrogen and oxygen atoms in total. The molecule has 6 heteroatoms. The summed E-state index contributed by atoms with van der Waals surface area (Å²) in [6, 6.07) is -0.0939. The molecule has 1 aliphatic heterocycles. The van der Waals surface area contributed by atoms with Crippen molar-refractivity contribution >= 4 is 19.4 Å². The van der Waals surface area contributed by atoms with Crippen LogP contribution in [-0.2, 0) is 9.39 Å². The highest BCUT2D eigenvalue weighted by Crippen LogP contribution is 2.28. The number of nitrogens with zero attached hydrogens (tertiary/aromatic N) is 1. The van der Waals surface area contributed by atoms with Gasteiger partial charge in [-0.15, -0.1) is 0 Å². The topological polar surface area (TPSA) is 41.9 Å². The van der Waals surface area contributed by atoms with E-state index < -0.39 is 11.8 Å². The number of thioether (sulfide) groups is 1. The van der Waals surface area contributed by atoms with Gasteiger partial charge < -0.3 is 14.5 Å². The summed E-state index contributed by atoms with van der Waals surface area (Å²) in [7, 11) is 3.28. The van der Waals surface area contributed by atoms with Crippen LogP contribution in [0.2, 0.25) is 0 Å². The van der Waals surface area contributed by atoms with Gasteiger partial charge in [-0.25, -0.2) is 0 Å². The van der Waals surface area contributed by atoms with Crippen LogP contribution in [-0.4, -0.2) is 59.6 Å². The van der Waals surface area contributed by atoms with Crippen molar-refractivity contribution < 1.29 is 14.5 Å². The molecular formula is C26H51BNO3S. The maximum Gasteiger partial charge on any atom is 0.401 e. The second kappa shape index (κ2) is 16.6. The number of ether oxygens (including phenoxy) is 1. The summed E-state index contributed by atoms with van der Waals surface area (Å²) in [5, 5.41) is 10.5. The predicted octanol–water partition coefficient (Wildman–Crippen LogP) is 6.73. The normalized spacial score (nSPS) is 20.3. The zero-order valence-corrected chi connectivity index (χ0v) is 22.7. The van der Waals surface area contributed by atoms with Crippen LogP contribution in [0.4, 0.5) is 0 Å². The lowest BCUT2D eigenvalue weighted by molar-refractivity contribution is -0.0235. The Hall–Kier alpha value is -0.00506. The van der Waals surface area contributed by atoms with Crippen molar-refractivity contribution in [2.24, 2.45) is 0 Å². The molecule has 0 aliphatic carbocycles. The van der Waals surface area contributed by atoms with Crippen molar-refractivity contribution in [3.05, 3.63) is 12.2 Å². The maximum absolute atomic E-state index is 10.5. The number of allylic oxidation sites excluding steroid dienone is 1. The van der Waals surface area contributed by atoms with Crippen molar-refractivity contribution in [3.63, 3.8) is 0 Å². The third kappa shape index (κ3) is 13.6. The lowest BCUT2D eigenvalue weighted by Crippen LogP contribution is -2.50. The van der Waals surface area contributed by atoms with E-state index in [0.717, 1.165) is 6.42 Å². The van der Waals surface area contributed by atoms with Gasteiger partial charge in [0.2, 0.25) is 0 Å². The molecule has 0 aromatic heterocycles.